The third-order valence-corrected chi connectivity index (χ3v) is 12.0. The summed E-state index contributed by atoms with van der Waals surface area (Å²) in [6.45, 7) is 4.71. The lowest BCUT2D eigenvalue weighted by Crippen LogP contribution is -2.50. The predicted octanol–water partition coefficient (Wildman–Crippen LogP) is 15.4. The Morgan fingerprint density at radius 2 is 0.857 bits per heavy atom. The number of likely N-dealkylation sites (N-methyl/N-ethyl adjacent to an activating group) is 1. The van der Waals surface area contributed by atoms with E-state index in [2.05, 4.69) is 50.3 Å². The molecule has 2 unspecified atom stereocenters. The zero-order valence-electron chi connectivity index (χ0n) is 42.0. The van der Waals surface area contributed by atoms with Gasteiger partial charge in [0.05, 0.1) is 34.4 Å². The Bertz CT molecular complexity index is 1130. The summed E-state index contributed by atoms with van der Waals surface area (Å²) < 4.78 is 17.3. The summed E-state index contributed by atoms with van der Waals surface area (Å²) in [5.74, 6) is -1.52. The lowest BCUT2D eigenvalue weighted by atomic mass is 10.0. The van der Waals surface area contributed by atoms with Gasteiger partial charge in [0.25, 0.3) is 0 Å². The van der Waals surface area contributed by atoms with Gasteiger partial charge in [0.2, 0.25) is 0 Å². The van der Waals surface area contributed by atoms with Gasteiger partial charge in [0.15, 0.2) is 12.1 Å². The fraction of sp³-hybridized carbons (Fsp3) is 0.836. The maximum absolute atomic E-state index is 12.8. The Morgan fingerprint density at radius 3 is 1.29 bits per heavy atom. The Balaban J connectivity index is 4.24. The van der Waals surface area contributed by atoms with Gasteiger partial charge in [-0.3, -0.25) is 9.59 Å². The molecule has 0 aliphatic rings. The number of aliphatic carboxylic acids is 1. The first-order chi connectivity index (χ1) is 30.6. The summed E-state index contributed by atoms with van der Waals surface area (Å²) >= 11 is 0. The van der Waals surface area contributed by atoms with E-state index in [9.17, 15) is 19.5 Å². The molecule has 0 fully saturated rings. The van der Waals surface area contributed by atoms with Gasteiger partial charge in [0.1, 0.15) is 6.61 Å². The second kappa shape index (κ2) is 46.1. The number of carbonyl (C=O) groups is 3. The lowest BCUT2D eigenvalue weighted by Gasteiger charge is -2.31. The van der Waals surface area contributed by atoms with Crippen molar-refractivity contribution in [1.29, 1.82) is 0 Å². The fourth-order valence-electron chi connectivity index (χ4n) is 7.93. The number of ether oxygens (including phenoxy) is 3. The van der Waals surface area contributed by atoms with Crippen LogP contribution in [0.3, 0.4) is 0 Å². The number of esters is 2. The highest BCUT2D eigenvalue weighted by atomic mass is 16.6. The number of unbranched alkanes of at least 4 members (excludes halogenated alkanes) is 28. The van der Waals surface area contributed by atoms with E-state index in [1.54, 1.807) is 0 Å². The van der Waals surface area contributed by atoms with Crippen LogP contribution in [0.25, 0.3) is 0 Å². The summed E-state index contributed by atoms with van der Waals surface area (Å²) in [6, 6.07) is -0.622. The highest BCUT2D eigenvalue weighted by Crippen LogP contribution is 2.16. The van der Waals surface area contributed by atoms with E-state index in [1.807, 2.05) is 21.1 Å². The largest absolute Gasteiger partial charge is 0.477 e. The Kier molecular flexibility index (Phi) is 44.3. The highest BCUT2D eigenvalue weighted by Gasteiger charge is 2.31. The van der Waals surface area contributed by atoms with Crippen molar-refractivity contribution in [1.82, 2.24) is 0 Å². The maximum atomic E-state index is 12.8. The van der Waals surface area contributed by atoms with Crippen LogP contribution in [-0.4, -0.2) is 80.6 Å². The molecule has 0 heterocycles. The maximum Gasteiger partial charge on any atom is 0.362 e. The van der Waals surface area contributed by atoms with Crippen LogP contribution in [0.5, 0.6) is 0 Å². The van der Waals surface area contributed by atoms with E-state index < -0.39 is 18.1 Å². The summed E-state index contributed by atoms with van der Waals surface area (Å²) in [6.07, 6.45) is 55.0. The van der Waals surface area contributed by atoms with Crippen molar-refractivity contribution in [2.75, 3.05) is 41.0 Å². The van der Waals surface area contributed by atoms with Gasteiger partial charge in [0, 0.05) is 19.3 Å². The molecule has 8 heteroatoms. The molecular formula is C55H102NO7+. The van der Waals surface area contributed by atoms with E-state index in [1.165, 1.54) is 167 Å². The molecule has 1 N–H and O–H groups in total. The molecule has 0 bridgehead atoms. The molecule has 8 nitrogen and oxygen atoms in total. The molecule has 0 aromatic rings. The minimum atomic E-state index is -0.880. The minimum Gasteiger partial charge on any atom is -0.477 e. The lowest BCUT2D eigenvalue weighted by molar-refractivity contribution is -0.887. The number of carboxylic acid groups (broad SMARTS) is 1. The van der Waals surface area contributed by atoms with Crippen LogP contribution in [-0.2, 0) is 28.6 Å². The van der Waals surface area contributed by atoms with Crippen molar-refractivity contribution < 1.29 is 38.2 Å². The molecule has 0 aliphatic carbocycles. The first-order valence-corrected chi connectivity index (χ1v) is 26.5. The van der Waals surface area contributed by atoms with Crippen molar-refractivity contribution in [3.8, 4) is 0 Å². The van der Waals surface area contributed by atoms with Crippen molar-refractivity contribution in [2.45, 2.75) is 257 Å². The number of hydrogen-bond acceptors (Lipinski definition) is 6. The van der Waals surface area contributed by atoms with Crippen LogP contribution in [0.15, 0.2) is 36.5 Å². The molecule has 63 heavy (non-hydrogen) atoms. The molecular weight excluding hydrogens is 787 g/mol. The number of nitrogens with zero attached hydrogens (tertiary/aromatic N) is 1. The zero-order valence-corrected chi connectivity index (χ0v) is 42.0. The molecule has 0 aliphatic heterocycles. The highest BCUT2D eigenvalue weighted by molar-refractivity contribution is 5.72. The monoisotopic (exact) mass is 889 g/mol. The third kappa shape index (κ3) is 44.5. The molecule has 0 amide bonds. The van der Waals surface area contributed by atoms with Crippen LogP contribution in [0, 0.1) is 0 Å². The zero-order chi connectivity index (χ0) is 46.3. The topological polar surface area (TPSA) is 99.1 Å². The third-order valence-electron chi connectivity index (χ3n) is 12.0. The second-order valence-corrected chi connectivity index (χ2v) is 19.1. The smallest absolute Gasteiger partial charge is 0.362 e. The van der Waals surface area contributed by atoms with Crippen LogP contribution in [0.4, 0.5) is 0 Å². The summed E-state index contributed by atoms with van der Waals surface area (Å²) in [5, 5.41) is 9.65. The molecule has 0 rings (SSSR count). The number of hydrogen-bond donors (Lipinski definition) is 1. The standard InChI is InChI=1S/C55H101NO7/c1-6-8-10-12-14-16-18-20-22-24-25-26-27-28-30-31-33-35-37-39-41-43-45-53(57)62-50-51(49-61-48-47-52(55(59)60)56(3,4)5)63-54(58)46-44-42-40-38-36-34-32-29-23-21-19-17-15-13-11-9-7-2/h21,23,32,34,38,40,51-52H,6-20,22,24-31,33,35-37,39,41-50H2,1-5H3/p+1/b23-21+,34-32+,40-38+. The molecule has 2 atom stereocenters. The van der Waals surface area contributed by atoms with Gasteiger partial charge >= 0.3 is 17.9 Å². The van der Waals surface area contributed by atoms with Gasteiger partial charge in [-0.15, -0.1) is 0 Å². The van der Waals surface area contributed by atoms with E-state index in [0.717, 1.165) is 38.5 Å². The summed E-state index contributed by atoms with van der Waals surface area (Å²) in [4.78, 5) is 37.1. The summed E-state index contributed by atoms with van der Waals surface area (Å²) in [5.41, 5.74) is 0. The Labute approximate surface area is 389 Å². The van der Waals surface area contributed by atoms with Crippen LogP contribution in [0.1, 0.15) is 245 Å². The van der Waals surface area contributed by atoms with E-state index in [-0.39, 0.29) is 42.7 Å². The molecule has 0 aromatic carbocycles. The first-order valence-electron chi connectivity index (χ1n) is 26.5. The van der Waals surface area contributed by atoms with Gasteiger partial charge in [-0.2, -0.15) is 0 Å². The molecule has 0 spiro atoms. The average molecular weight is 889 g/mol. The number of allylic oxidation sites excluding steroid dienone is 6. The second-order valence-electron chi connectivity index (χ2n) is 19.1. The number of carboxylic acids is 1. The van der Waals surface area contributed by atoms with Gasteiger partial charge in [-0.05, 0) is 44.9 Å². The SMILES string of the molecule is CCCCCCCC/C=C/C/C=C/C/C=C/CCCC(=O)OC(COCCC(C(=O)O)[N+](C)(C)C)COC(=O)CCCCCCCCCCCCCCCCCCCCCCCC. The number of quaternary nitrogens is 1. The van der Waals surface area contributed by atoms with E-state index >= 15 is 0 Å². The minimum absolute atomic E-state index is 0.0440. The normalized spacial score (nSPS) is 13.1. The van der Waals surface area contributed by atoms with Crippen molar-refractivity contribution >= 4 is 17.9 Å². The average Bonchev–Trinajstić information content (AvgIpc) is 3.24. The molecule has 368 valence electrons. The van der Waals surface area contributed by atoms with E-state index in [0.29, 0.717) is 19.3 Å². The number of carbonyl (C=O) groups excluding carboxylic acids is 2. The summed E-state index contributed by atoms with van der Waals surface area (Å²) in [7, 11) is 5.52. The van der Waals surface area contributed by atoms with Crippen LogP contribution in [0.2, 0.25) is 0 Å². The van der Waals surface area contributed by atoms with Crippen molar-refractivity contribution in [3.05, 3.63) is 36.5 Å². The van der Waals surface area contributed by atoms with Crippen LogP contribution >= 0.6 is 0 Å². The number of rotatable bonds is 48. The fourth-order valence-corrected chi connectivity index (χ4v) is 7.93. The van der Waals surface area contributed by atoms with Gasteiger partial charge in [-0.25, -0.2) is 4.79 Å². The quantitative estimate of drug-likeness (QED) is 0.0281. The first kappa shape index (κ1) is 60.5. The van der Waals surface area contributed by atoms with Crippen molar-refractivity contribution in [2.24, 2.45) is 0 Å². The van der Waals surface area contributed by atoms with Gasteiger partial charge in [-0.1, -0.05) is 217 Å². The van der Waals surface area contributed by atoms with Gasteiger partial charge < -0.3 is 23.8 Å². The molecule has 0 saturated heterocycles. The Morgan fingerprint density at radius 1 is 0.476 bits per heavy atom. The van der Waals surface area contributed by atoms with E-state index in [4.69, 9.17) is 14.2 Å². The molecule has 0 radical (unpaired) electrons. The van der Waals surface area contributed by atoms with Crippen LogP contribution < -0.4 is 0 Å². The Hall–Kier alpha value is -2.45. The predicted molar refractivity (Wildman–Crippen MR) is 266 cm³/mol. The molecule has 0 aromatic heterocycles. The van der Waals surface area contributed by atoms with Crippen molar-refractivity contribution in [3.63, 3.8) is 0 Å². The molecule has 0 saturated carbocycles.